The number of halogens is 1. The van der Waals surface area contributed by atoms with Gasteiger partial charge in [0.15, 0.2) is 0 Å². The summed E-state index contributed by atoms with van der Waals surface area (Å²) in [4.78, 5) is 12.2. The molecule has 2 N–H and O–H groups in total. The van der Waals surface area contributed by atoms with Crippen LogP contribution in [0.3, 0.4) is 0 Å². The van der Waals surface area contributed by atoms with Crippen LogP contribution in [-0.2, 0) is 6.42 Å². The smallest absolute Gasteiger partial charge is 0.251 e. The van der Waals surface area contributed by atoms with Gasteiger partial charge in [-0.3, -0.25) is 4.79 Å². The van der Waals surface area contributed by atoms with Gasteiger partial charge in [-0.1, -0.05) is 12.1 Å². The Hall–Kier alpha value is -1.17. The molecule has 5 heteroatoms. The highest BCUT2D eigenvalue weighted by Gasteiger charge is 2.19. The molecule has 2 aromatic rings. The van der Waals surface area contributed by atoms with Crippen LogP contribution in [0, 0.1) is 0 Å². The van der Waals surface area contributed by atoms with Crippen LogP contribution < -0.4 is 10.6 Å². The normalized spacial score (nSPS) is 16.0. The van der Waals surface area contributed by atoms with Crippen molar-refractivity contribution in [3.8, 4) is 0 Å². The summed E-state index contributed by atoms with van der Waals surface area (Å²) in [6.07, 6.45) is 1.97. The lowest BCUT2D eigenvalue weighted by molar-refractivity contribution is 0.0956. The van der Waals surface area contributed by atoms with Gasteiger partial charge >= 0.3 is 0 Å². The van der Waals surface area contributed by atoms with Gasteiger partial charge in [0.05, 0.1) is 9.83 Å². The number of thiophene rings is 1. The summed E-state index contributed by atoms with van der Waals surface area (Å²) in [7, 11) is 1.95. The Morgan fingerprint density at radius 3 is 2.90 bits per heavy atom. The van der Waals surface area contributed by atoms with Crippen LogP contribution in [0.15, 0.2) is 33.4 Å². The maximum absolute atomic E-state index is 12.2. The van der Waals surface area contributed by atoms with Gasteiger partial charge in [0.1, 0.15) is 0 Å². The molecular formula is C16H17BrN2OS. The van der Waals surface area contributed by atoms with Crippen molar-refractivity contribution < 1.29 is 4.79 Å². The van der Waals surface area contributed by atoms with Crippen LogP contribution in [0.4, 0.5) is 0 Å². The van der Waals surface area contributed by atoms with E-state index in [4.69, 9.17) is 0 Å². The van der Waals surface area contributed by atoms with E-state index in [9.17, 15) is 4.79 Å². The second-order valence-electron chi connectivity index (χ2n) is 5.18. The lowest BCUT2D eigenvalue weighted by Gasteiger charge is -2.17. The second kappa shape index (κ2) is 6.30. The SMILES string of the molecule is CNC(c1csc(Br)c1)c1ccc2c(c1)C(=O)NCCC2. The molecule has 1 unspecified atom stereocenters. The van der Waals surface area contributed by atoms with Gasteiger partial charge < -0.3 is 10.6 Å². The first-order valence-electron chi connectivity index (χ1n) is 7.01. The molecule has 2 heterocycles. The second-order valence-corrected chi connectivity index (χ2v) is 7.47. The van der Waals surface area contributed by atoms with E-state index in [2.05, 4.69) is 50.1 Å². The highest BCUT2D eigenvalue weighted by Crippen LogP contribution is 2.30. The fourth-order valence-corrected chi connectivity index (χ4v) is 3.98. The fourth-order valence-electron chi connectivity index (χ4n) is 2.78. The van der Waals surface area contributed by atoms with Gasteiger partial charge in [-0.05, 0) is 70.0 Å². The molecule has 0 spiro atoms. The minimum absolute atomic E-state index is 0.0469. The predicted molar refractivity (Wildman–Crippen MR) is 90.0 cm³/mol. The summed E-state index contributed by atoms with van der Waals surface area (Å²) in [6, 6.07) is 8.49. The Kier molecular flexibility index (Phi) is 4.42. The van der Waals surface area contributed by atoms with E-state index >= 15 is 0 Å². The van der Waals surface area contributed by atoms with Crippen molar-refractivity contribution in [3.05, 3.63) is 55.7 Å². The molecule has 1 aliphatic rings. The summed E-state index contributed by atoms with van der Waals surface area (Å²) < 4.78 is 1.12. The number of rotatable bonds is 3. The molecular weight excluding hydrogens is 348 g/mol. The number of amides is 1. The van der Waals surface area contributed by atoms with Crippen LogP contribution in [0.1, 0.15) is 39.5 Å². The third-order valence-corrected chi connectivity index (χ3v) is 5.35. The van der Waals surface area contributed by atoms with E-state index < -0.39 is 0 Å². The molecule has 1 amide bonds. The summed E-state index contributed by atoms with van der Waals surface area (Å²) in [6.45, 7) is 0.760. The number of carbonyl (C=O) groups excluding carboxylic acids is 1. The summed E-state index contributed by atoms with van der Waals surface area (Å²) in [5.74, 6) is 0.0469. The van der Waals surface area contributed by atoms with Crippen molar-refractivity contribution in [2.45, 2.75) is 18.9 Å². The number of aryl methyl sites for hydroxylation is 1. The number of hydrogen-bond acceptors (Lipinski definition) is 3. The standard InChI is InChI=1S/C16H17BrN2OS/c1-18-15(12-8-14(17)21-9-12)11-5-4-10-3-2-6-19-16(20)13(10)7-11/h4-5,7-9,15,18H,2-3,6H2,1H3,(H,19,20). The van der Waals surface area contributed by atoms with Crippen molar-refractivity contribution in [2.75, 3.05) is 13.6 Å². The van der Waals surface area contributed by atoms with Gasteiger partial charge in [0, 0.05) is 12.1 Å². The van der Waals surface area contributed by atoms with Crippen LogP contribution in [0.25, 0.3) is 0 Å². The molecule has 0 aliphatic carbocycles. The zero-order chi connectivity index (χ0) is 14.8. The molecule has 1 aromatic carbocycles. The van der Waals surface area contributed by atoms with E-state index in [0.29, 0.717) is 0 Å². The van der Waals surface area contributed by atoms with Crippen molar-refractivity contribution in [1.82, 2.24) is 10.6 Å². The number of benzene rings is 1. The molecule has 1 aromatic heterocycles. The van der Waals surface area contributed by atoms with Crippen LogP contribution in [0.5, 0.6) is 0 Å². The van der Waals surface area contributed by atoms with E-state index in [1.54, 1.807) is 11.3 Å². The molecule has 0 saturated heterocycles. The molecule has 1 atom stereocenters. The Labute approximate surface area is 136 Å². The van der Waals surface area contributed by atoms with Gasteiger partial charge in [-0.15, -0.1) is 11.3 Å². The Bertz CT molecular complexity index is 668. The molecule has 110 valence electrons. The largest absolute Gasteiger partial charge is 0.352 e. The first-order valence-corrected chi connectivity index (χ1v) is 8.68. The average Bonchev–Trinajstić information content (AvgIpc) is 2.82. The highest BCUT2D eigenvalue weighted by molar-refractivity contribution is 9.11. The minimum Gasteiger partial charge on any atom is -0.352 e. The molecule has 0 bridgehead atoms. The van der Waals surface area contributed by atoms with Gasteiger partial charge in [0.25, 0.3) is 5.91 Å². The minimum atomic E-state index is 0.0469. The third kappa shape index (κ3) is 3.05. The highest BCUT2D eigenvalue weighted by atomic mass is 79.9. The van der Waals surface area contributed by atoms with E-state index in [-0.39, 0.29) is 11.9 Å². The number of fused-ring (bicyclic) bond motifs is 1. The van der Waals surface area contributed by atoms with Gasteiger partial charge in [-0.25, -0.2) is 0 Å². The van der Waals surface area contributed by atoms with Crippen LogP contribution in [-0.4, -0.2) is 19.5 Å². The maximum atomic E-state index is 12.2. The Morgan fingerprint density at radius 2 is 2.19 bits per heavy atom. The molecule has 21 heavy (non-hydrogen) atoms. The van der Waals surface area contributed by atoms with Gasteiger partial charge in [0.2, 0.25) is 0 Å². The third-order valence-electron chi connectivity index (χ3n) is 3.83. The van der Waals surface area contributed by atoms with E-state index in [1.807, 2.05) is 13.1 Å². The molecule has 0 fully saturated rings. The molecule has 3 rings (SSSR count). The predicted octanol–water partition coefficient (Wildman–Crippen LogP) is 3.50. The van der Waals surface area contributed by atoms with Gasteiger partial charge in [-0.2, -0.15) is 0 Å². The van der Waals surface area contributed by atoms with Crippen molar-refractivity contribution in [1.29, 1.82) is 0 Å². The maximum Gasteiger partial charge on any atom is 0.251 e. The molecule has 0 saturated carbocycles. The average molecular weight is 365 g/mol. The van der Waals surface area contributed by atoms with Crippen molar-refractivity contribution in [3.63, 3.8) is 0 Å². The van der Waals surface area contributed by atoms with Crippen molar-refractivity contribution >= 4 is 33.2 Å². The summed E-state index contributed by atoms with van der Waals surface area (Å²) in [5, 5.41) is 8.44. The monoisotopic (exact) mass is 364 g/mol. The zero-order valence-corrected chi connectivity index (χ0v) is 14.2. The molecule has 3 nitrogen and oxygen atoms in total. The lowest BCUT2D eigenvalue weighted by Crippen LogP contribution is -2.23. The Morgan fingerprint density at radius 1 is 1.33 bits per heavy atom. The van der Waals surface area contributed by atoms with Crippen LogP contribution >= 0.6 is 27.3 Å². The Balaban J connectivity index is 2.00. The number of nitrogens with one attached hydrogen (secondary N) is 2. The topological polar surface area (TPSA) is 41.1 Å². The number of hydrogen-bond donors (Lipinski definition) is 2. The van der Waals surface area contributed by atoms with E-state index in [0.717, 1.165) is 39.9 Å². The zero-order valence-electron chi connectivity index (χ0n) is 11.8. The van der Waals surface area contributed by atoms with Crippen molar-refractivity contribution in [2.24, 2.45) is 0 Å². The fraction of sp³-hybridized carbons (Fsp3) is 0.312. The van der Waals surface area contributed by atoms with Crippen LogP contribution in [0.2, 0.25) is 0 Å². The summed E-state index contributed by atoms with van der Waals surface area (Å²) >= 11 is 5.18. The number of carbonyl (C=O) groups is 1. The quantitative estimate of drug-likeness (QED) is 0.874. The molecule has 1 aliphatic heterocycles. The molecule has 0 radical (unpaired) electrons. The first kappa shape index (κ1) is 14.8. The first-order chi connectivity index (χ1) is 10.2. The summed E-state index contributed by atoms with van der Waals surface area (Å²) in [5.41, 5.74) is 4.30. The lowest BCUT2D eigenvalue weighted by atomic mass is 9.95. The van der Waals surface area contributed by atoms with E-state index in [1.165, 1.54) is 5.56 Å².